The average molecular weight is 537 g/mol. The minimum atomic E-state index is -4.45. The Morgan fingerprint density at radius 2 is 1.78 bits per heavy atom. The number of hydrogen-bond donors (Lipinski definition) is 2. The summed E-state index contributed by atoms with van der Waals surface area (Å²) < 4.78 is 82.1. The summed E-state index contributed by atoms with van der Waals surface area (Å²) in [6, 6.07) is 8.36. The second kappa shape index (κ2) is 12.4. The van der Waals surface area contributed by atoms with Crippen molar-refractivity contribution in [1.29, 1.82) is 0 Å². The molecule has 0 atom stereocenters. The zero-order valence-corrected chi connectivity index (χ0v) is 19.6. The Balaban J connectivity index is 0.00000342. The highest BCUT2D eigenvalue weighted by atomic mass is 32.2. The van der Waals surface area contributed by atoms with Crippen molar-refractivity contribution in [2.45, 2.75) is 37.4 Å². The highest BCUT2D eigenvalue weighted by molar-refractivity contribution is 7.89. The molecule has 1 amide bonds. The van der Waals surface area contributed by atoms with Crippen LogP contribution in [-0.4, -0.2) is 63.4 Å². The van der Waals surface area contributed by atoms with Crippen LogP contribution in [0.5, 0.6) is 11.5 Å². The van der Waals surface area contributed by atoms with Gasteiger partial charge in [-0.15, -0.1) is 0 Å². The zero-order chi connectivity index (χ0) is 25.6. The number of piperidine rings is 1. The number of methoxy groups -OCH3 is 1. The van der Waals surface area contributed by atoms with Gasteiger partial charge in [-0.3, -0.25) is 10.0 Å². The lowest BCUT2D eigenvalue weighted by Gasteiger charge is -2.32. The van der Waals surface area contributed by atoms with E-state index in [-0.39, 0.29) is 70.0 Å². The molecular formula is C23H31F3N2O7S. The van der Waals surface area contributed by atoms with Gasteiger partial charge in [0.15, 0.2) is 0 Å². The Hall–Kier alpha value is -2.87. The maximum absolute atomic E-state index is 13.3. The summed E-state index contributed by atoms with van der Waals surface area (Å²) in [6.45, 7) is 0.368. The molecule has 1 aliphatic rings. The Labute approximate surface area is 209 Å². The van der Waals surface area contributed by atoms with E-state index >= 15 is 0 Å². The third-order valence-electron chi connectivity index (χ3n) is 5.36. The smallest absolute Gasteiger partial charge is 0.416 e. The summed E-state index contributed by atoms with van der Waals surface area (Å²) in [7, 11) is -2.69. The van der Waals surface area contributed by atoms with Gasteiger partial charge in [0.25, 0.3) is 5.91 Å². The van der Waals surface area contributed by atoms with Crippen LogP contribution in [0.25, 0.3) is 0 Å². The number of nitrogens with zero attached hydrogens (tertiary/aromatic N) is 1. The zero-order valence-electron chi connectivity index (χ0n) is 18.7. The molecule has 3 rings (SSSR count). The van der Waals surface area contributed by atoms with Crippen LogP contribution in [0, 0.1) is 0 Å². The number of rotatable bonds is 9. The van der Waals surface area contributed by atoms with E-state index in [0.717, 1.165) is 12.1 Å². The molecule has 1 saturated heterocycles. The number of hydroxylamine groups is 1. The third kappa shape index (κ3) is 6.87. The maximum atomic E-state index is 13.3. The second-order valence-corrected chi connectivity index (χ2v) is 9.56. The van der Waals surface area contributed by atoms with Crippen molar-refractivity contribution in [2.24, 2.45) is 0 Å². The fourth-order valence-electron chi connectivity index (χ4n) is 3.61. The molecule has 202 valence electrons. The van der Waals surface area contributed by atoms with Crippen molar-refractivity contribution in [3.05, 3.63) is 53.6 Å². The number of sulfonamides is 1. The number of nitrogens with one attached hydrogen (secondary N) is 1. The first-order chi connectivity index (χ1) is 16.6. The Kier molecular flexibility index (Phi) is 10.1. The Bertz CT molecular complexity index is 1120. The van der Waals surface area contributed by atoms with Gasteiger partial charge < -0.3 is 14.2 Å². The third-order valence-corrected chi connectivity index (χ3v) is 7.31. The molecule has 1 fully saturated rings. The lowest BCUT2D eigenvalue weighted by Crippen LogP contribution is -2.42. The van der Waals surface area contributed by atoms with Gasteiger partial charge in [-0.2, -0.15) is 17.5 Å². The minimum Gasteiger partial charge on any atom is -0.490 e. The summed E-state index contributed by atoms with van der Waals surface area (Å²) >= 11 is 0. The molecule has 0 spiro atoms. The van der Waals surface area contributed by atoms with Crippen molar-refractivity contribution >= 4 is 15.9 Å². The molecule has 1 aliphatic heterocycles. The molecule has 0 unspecified atom stereocenters. The van der Waals surface area contributed by atoms with Crippen LogP contribution in [0.3, 0.4) is 0 Å². The van der Waals surface area contributed by atoms with Crippen LogP contribution < -0.4 is 15.0 Å². The van der Waals surface area contributed by atoms with Gasteiger partial charge >= 0.3 is 6.18 Å². The molecule has 0 aliphatic carbocycles. The Morgan fingerprint density at radius 1 is 1.14 bits per heavy atom. The average Bonchev–Trinajstić information content (AvgIpc) is 2.83. The second-order valence-electron chi connectivity index (χ2n) is 7.65. The minimum absolute atomic E-state index is 0. The van der Waals surface area contributed by atoms with Crippen LogP contribution in [0.15, 0.2) is 47.4 Å². The molecule has 0 aromatic heterocycles. The van der Waals surface area contributed by atoms with Gasteiger partial charge in [-0.05, 0) is 49.2 Å². The predicted molar refractivity (Wildman–Crippen MR) is 126 cm³/mol. The number of halogens is 3. The van der Waals surface area contributed by atoms with Gasteiger partial charge in [0, 0.05) is 21.6 Å². The molecule has 1 heterocycles. The van der Waals surface area contributed by atoms with Crippen LogP contribution in [0.2, 0.25) is 0 Å². The van der Waals surface area contributed by atoms with E-state index in [2.05, 4.69) is 0 Å². The largest absolute Gasteiger partial charge is 0.490 e. The fourth-order valence-corrected chi connectivity index (χ4v) is 5.28. The number of carbonyl (C=O) groups is 1. The number of ether oxygens (including phenoxy) is 3. The number of benzene rings is 2. The summed E-state index contributed by atoms with van der Waals surface area (Å²) in [6.07, 6.45) is -4.28. The molecule has 2 N–H and O–H groups in total. The first kappa shape index (κ1) is 29.4. The van der Waals surface area contributed by atoms with Crippen LogP contribution >= 0.6 is 0 Å². The maximum Gasteiger partial charge on any atom is 0.416 e. The monoisotopic (exact) mass is 536 g/mol. The lowest BCUT2D eigenvalue weighted by atomic mass is 10.1. The van der Waals surface area contributed by atoms with Gasteiger partial charge in [0.2, 0.25) is 10.0 Å². The van der Waals surface area contributed by atoms with Crippen LogP contribution in [-0.2, 0) is 20.9 Å². The number of carbonyl (C=O) groups excluding carboxylic acids is 1. The van der Waals surface area contributed by atoms with Crippen LogP contribution in [0.4, 0.5) is 13.2 Å². The number of amides is 1. The van der Waals surface area contributed by atoms with Crippen LogP contribution in [0.1, 0.15) is 37.6 Å². The number of alkyl halides is 3. The highest BCUT2D eigenvalue weighted by Gasteiger charge is 2.35. The van der Waals surface area contributed by atoms with Gasteiger partial charge in [0.1, 0.15) is 29.8 Å². The van der Waals surface area contributed by atoms with E-state index in [9.17, 15) is 26.4 Å². The molecule has 2 aromatic rings. The first-order valence-corrected chi connectivity index (χ1v) is 12.0. The topological polar surface area (TPSA) is 114 Å². The highest BCUT2D eigenvalue weighted by Crippen LogP contribution is 2.32. The fraction of sp³-hybridized carbons (Fsp3) is 0.435. The van der Waals surface area contributed by atoms with E-state index < -0.39 is 33.8 Å². The normalized spacial score (nSPS) is 15.1. The summed E-state index contributed by atoms with van der Waals surface area (Å²) in [5.41, 5.74) is 0.323. The van der Waals surface area contributed by atoms with Gasteiger partial charge in [0.05, 0.1) is 17.1 Å². The Morgan fingerprint density at radius 3 is 2.33 bits per heavy atom. The molecule has 36 heavy (non-hydrogen) atoms. The quantitative estimate of drug-likeness (QED) is 0.283. The molecular weight excluding hydrogens is 505 g/mol. The summed E-state index contributed by atoms with van der Waals surface area (Å²) in [5.74, 6) is -0.825. The summed E-state index contributed by atoms with van der Waals surface area (Å²) in [5, 5.41) is 9.15. The molecule has 9 nitrogen and oxygen atoms in total. The molecule has 0 radical (unpaired) electrons. The predicted octanol–water partition coefficient (Wildman–Crippen LogP) is 3.96. The summed E-state index contributed by atoms with van der Waals surface area (Å²) in [4.78, 5) is 12.0. The standard InChI is InChI=1S/C22H25F3N2O7S.CH4.H2/c1-32-13-14-33-18-3-2-4-19(20(18)21(28)26-29)35(30,31)27-11-9-17(10-12-27)34-16-7-5-15(6-8-16)22(23,24)25;;/h2-8,17,29H,9-14H2,1H3,(H,26,28);1H4;1H. The van der Waals surface area contributed by atoms with E-state index in [1.54, 1.807) is 0 Å². The van der Waals surface area contributed by atoms with Crippen molar-refractivity contribution in [1.82, 2.24) is 9.79 Å². The van der Waals surface area contributed by atoms with E-state index in [1.165, 1.54) is 47.2 Å². The van der Waals surface area contributed by atoms with Crippen molar-refractivity contribution < 1.29 is 47.2 Å². The van der Waals surface area contributed by atoms with Gasteiger partial charge in [-0.25, -0.2) is 13.9 Å². The molecule has 13 heteroatoms. The lowest BCUT2D eigenvalue weighted by molar-refractivity contribution is -0.137. The molecule has 0 bridgehead atoms. The van der Waals surface area contributed by atoms with Crippen molar-refractivity contribution in [3.63, 3.8) is 0 Å². The first-order valence-electron chi connectivity index (χ1n) is 10.6. The molecule has 2 aromatic carbocycles. The van der Waals surface area contributed by atoms with E-state index in [4.69, 9.17) is 19.4 Å². The molecule has 0 saturated carbocycles. The van der Waals surface area contributed by atoms with E-state index in [1.807, 2.05) is 0 Å². The number of hydrogen-bond acceptors (Lipinski definition) is 7. The van der Waals surface area contributed by atoms with Crippen molar-refractivity contribution in [3.8, 4) is 11.5 Å². The SMILES string of the molecule is C.COCCOc1cccc(S(=O)(=O)N2CCC(Oc3ccc(C(F)(F)F)cc3)CC2)c1C(=O)NO.[HH]. The van der Waals surface area contributed by atoms with Gasteiger partial charge in [-0.1, -0.05) is 13.5 Å². The van der Waals surface area contributed by atoms with E-state index in [0.29, 0.717) is 0 Å². The van der Waals surface area contributed by atoms with Crippen molar-refractivity contribution in [2.75, 3.05) is 33.4 Å².